The van der Waals surface area contributed by atoms with Gasteiger partial charge in [-0.05, 0) is 32.6 Å². The molecule has 2 rings (SSSR count). The predicted molar refractivity (Wildman–Crippen MR) is 61.2 cm³/mol. The lowest BCUT2D eigenvalue weighted by Crippen LogP contribution is -2.25. The van der Waals surface area contributed by atoms with Crippen LogP contribution in [-0.2, 0) is 10.3 Å². The fourth-order valence-corrected chi connectivity index (χ4v) is 2.81. The summed E-state index contributed by atoms with van der Waals surface area (Å²) in [7, 11) is 1.76. The number of aromatic nitrogens is 2. The van der Waals surface area contributed by atoms with Crippen LogP contribution in [0.25, 0.3) is 0 Å². The van der Waals surface area contributed by atoms with Gasteiger partial charge in [-0.15, -0.1) is 0 Å². The third kappa shape index (κ3) is 1.99. The second-order valence-electron chi connectivity index (χ2n) is 3.86. The van der Waals surface area contributed by atoms with Crippen LogP contribution in [0.3, 0.4) is 0 Å². The summed E-state index contributed by atoms with van der Waals surface area (Å²) in [6.07, 6.45) is 4.52. The molecule has 1 heterocycles. The molecule has 0 spiro atoms. The monoisotopic (exact) mass is 227 g/mol. The van der Waals surface area contributed by atoms with Gasteiger partial charge >= 0.3 is 0 Å². The number of hydrogen-bond acceptors (Lipinski definition) is 5. The second kappa shape index (κ2) is 4.45. The molecule has 1 N–H and O–H groups in total. The number of ether oxygens (including phenoxy) is 1. The molecule has 84 valence electrons. The Morgan fingerprint density at radius 2 is 2.20 bits per heavy atom. The first-order valence-corrected chi connectivity index (χ1v) is 6.21. The first-order chi connectivity index (χ1) is 7.30. The van der Waals surface area contributed by atoms with Crippen LogP contribution in [0.2, 0.25) is 0 Å². The van der Waals surface area contributed by atoms with Crippen LogP contribution in [0.5, 0.6) is 0 Å². The van der Waals surface area contributed by atoms with Crippen LogP contribution in [0.4, 0.5) is 5.13 Å². The summed E-state index contributed by atoms with van der Waals surface area (Å²) >= 11 is 1.42. The molecule has 0 atom stereocenters. The van der Waals surface area contributed by atoms with E-state index in [1.807, 2.05) is 0 Å². The van der Waals surface area contributed by atoms with E-state index in [2.05, 4.69) is 21.6 Å². The van der Waals surface area contributed by atoms with Crippen molar-refractivity contribution in [1.29, 1.82) is 0 Å². The van der Waals surface area contributed by atoms with Gasteiger partial charge < -0.3 is 10.1 Å². The highest BCUT2D eigenvalue weighted by Crippen LogP contribution is 2.40. The van der Waals surface area contributed by atoms with E-state index in [9.17, 15) is 0 Å². The van der Waals surface area contributed by atoms with Gasteiger partial charge in [0.2, 0.25) is 5.13 Å². The molecule has 1 saturated carbocycles. The van der Waals surface area contributed by atoms with Gasteiger partial charge in [-0.1, -0.05) is 0 Å². The summed E-state index contributed by atoms with van der Waals surface area (Å²) in [6.45, 7) is 2.94. The maximum Gasteiger partial charge on any atom is 0.202 e. The van der Waals surface area contributed by atoms with Gasteiger partial charge in [0.1, 0.15) is 5.60 Å². The van der Waals surface area contributed by atoms with Crippen LogP contribution >= 0.6 is 11.5 Å². The minimum atomic E-state index is -0.204. The molecular weight excluding hydrogens is 210 g/mol. The average molecular weight is 227 g/mol. The fraction of sp³-hybridized carbons (Fsp3) is 0.800. The zero-order valence-corrected chi connectivity index (χ0v) is 10.1. The maximum atomic E-state index is 5.63. The Kier molecular flexibility index (Phi) is 3.21. The van der Waals surface area contributed by atoms with Crippen LogP contribution < -0.4 is 5.32 Å². The Bertz CT molecular complexity index is 320. The normalized spacial score (nSPS) is 19.3. The van der Waals surface area contributed by atoms with Gasteiger partial charge in [0, 0.05) is 25.2 Å². The Morgan fingerprint density at radius 3 is 2.80 bits per heavy atom. The molecule has 1 aliphatic rings. The standard InChI is InChI=1S/C10H17N3OS/c1-3-11-9-12-8(13-15-9)10(14-2)6-4-5-7-10/h3-7H2,1-2H3,(H,11,12,13). The molecule has 1 aromatic rings. The molecule has 1 fully saturated rings. The van der Waals surface area contributed by atoms with Gasteiger partial charge in [-0.2, -0.15) is 4.37 Å². The van der Waals surface area contributed by atoms with Gasteiger partial charge in [-0.25, -0.2) is 4.98 Å². The summed E-state index contributed by atoms with van der Waals surface area (Å²) in [6, 6.07) is 0. The highest BCUT2D eigenvalue weighted by molar-refractivity contribution is 7.09. The van der Waals surface area contributed by atoms with Gasteiger partial charge in [0.25, 0.3) is 0 Å². The summed E-state index contributed by atoms with van der Waals surface area (Å²) < 4.78 is 10.0. The first-order valence-electron chi connectivity index (χ1n) is 5.44. The molecule has 1 aromatic heterocycles. The number of nitrogens with zero attached hydrogens (tertiary/aromatic N) is 2. The number of hydrogen-bond donors (Lipinski definition) is 1. The van der Waals surface area contributed by atoms with E-state index >= 15 is 0 Å². The minimum Gasteiger partial charge on any atom is -0.370 e. The molecule has 4 nitrogen and oxygen atoms in total. The average Bonchev–Trinajstić information content (AvgIpc) is 2.86. The molecule has 0 amide bonds. The van der Waals surface area contributed by atoms with Crippen molar-refractivity contribution in [1.82, 2.24) is 9.36 Å². The Morgan fingerprint density at radius 1 is 1.47 bits per heavy atom. The number of nitrogens with one attached hydrogen (secondary N) is 1. The van der Waals surface area contributed by atoms with Crippen molar-refractivity contribution in [3.63, 3.8) is 0 Å². The molecule has 0 radical (unpaired) electrons. The molecule has 0 aromatic carbocycles. The molecule has 5 heteroatoms. The Balaban J connectivity index is 2.19. The second-order valence-corrected chi connectivity index (χ2v) is 4.61. The van der Waals surface area contributed by atoms with Crippen molar-refractivity contribution in [2.24, 2.45) is 0 Å². The third-order valence-electron chi connectivity index (χ3n) is 2.96. The highest BCUT2D eigenvalue weighted by atomic mass is 32.1. The number of rotatable bonds is 4. The van der Waals surface area contributed by atoms with E-state index in [0.29, 0.717) is 0 Å². The van der Waals surface area contributed by atoms with E-state index in [0.717, 1.165) is 30.3 Å². The molecule has 0 unspecified atom stereocenters. The van der Waals surface area contributed by atoms with Crippen molar-refractivity contribution in [2.45, 2.75) is 38.2 Å². The summed E-state index contributed by atoms with van der Waals surface area (Å²) in [4.78, 5) is 4.50. The summed E-state index contributed by atoms with van der Waals surface area (Å²) in [5.74, 6) is 0.864. The minimum absolute atomic E-state index is 0.204. The van der Waals surface area contributed by atoms with E-state index in [1.54, 1.807) is 7.11 Å². The molecular formula is C10H17N3OS. The highest BCUT2D eigenvalue weighted by Gasteiger charge is 2.39. The molecule has 0 aliphatic heterocycles. The predicted octanol–water partition coefficient (Wildman–Crippen LogP) is 2.39. The lowest BCUT2D eigenvalue weighted by molar-refractivity contribution is -0.0152. The zero-order chi connectivity index (χ0) is 10.7. The van der Waals surface area contributed by atoms with E-state index in [-0.39, 0.29) is 5.60 Å². The van der Waals surface area contributed by atoms with E-state index in [1.165, 1.54) is 24.4 Å². The largest absolute Gasteiger partial charge is 0.370 e. The lowest BCUT2D eigenvalue weighted by Gasteiger charge is -2.23. The number of anilines is 1. The fourth-order valence-electron chi connectivity index (χ4n) is 2.10. The lowest BCUT2D eigenvalue weighted by atomic mass is 10.0. The van der Waals surface area contributed by atoms with Crippen molar-refractivity contribution >= 4 is 16.7 Å². The Labute approximate surface area is 94.2 Å². The third-order valence-corrected chi connectivity index (χ3v) is 3.64. The van der Waals surface area contributed by atoms with E-state index < -0.39 is 0 Å². The van der Waals surface area contributed by atoms with Crippen LogP contribution in [0.1, 0.15) is 38.4 Å². The van der Waals surface area contributed by atoms with E-state index in [4.69, 9.17) is 4.74 Å². The molecule has 0 bridgehead atoms. The number of methoxy groups -OCH3 is 1. The van der Waals surface area contributed by atoms with Crippen molar-refractivity contribution < 1.29 is 4.74 Å². The van der Waals surface area contributed by atoms with Gasteiger partial charge in [0.15, 0.2) is 5.82 Å². The summed E-state index contributed by atoms with van der Waals surface area (Å²) in [5, 5.41) is 4.08. The van der Waals surface area contributed by atoms with Crippen molar-refractivity contribution in [2.75, 3.05) is 19.0 Å². The Hall–Kier alpha value is -0.680. The van der Waals surface area contributed by atoms with Crippen LogP contribution in [0, 0.1) is 0 Å². The smallest absolute Gasteiger partial charge is 0.202 e. The zero-order valence-electron chi connectivity index (χ0n) is 9.25. The van der Waals surface area contributed by atoms with Gasteiger partial charge in [0.05, 0.1) is 0 Å². The van der Waals surface area contributed by atoms with Gasteiger partial charge in [-0.3, -0.25) is 0 Å². The topological polar surface area (TPSA) is 47.0 Å². The van der Waals surface area contributed by atoms with Crippen molar-refractivity contribution in [3.8, 4) is 0 Å². The first kappa shape index (κ1) is 10.8. The molecule has 1 aliphatic carbocycles. The maximum absolute atomic E-state index is 5.63. The van der Waals surface area contributed by atoms with Crippen LogP contribution in [-0.4, -0.2) is 23.0 Å². The van der Waals surface area contributed by atoms with Crippen molar-refractivity contribution in [3.05, 3.63) is 5.82 Å². The quantitative estimate of drug-likeness (QED) is 0.858. The van der Waals surface area contributed by atoms with Crippen LogP contribution in [0.15, 0.2) is 0 Å². The SMILES string of the molecule is CCNc1nc(C2(OC)CCCC2)ns1. The molecule has 15 heavy (non-hydrogen) atoms. The molecule has 0 saturated heterocycles. The summed E-state index contributed by atoms with van der Waals surface area (Å²) in [5.41, 5.74) is -0.204.